The number of nitrogens with one attached hydrogen (secondary N) is 1. The van der Waals surface area contributed by atoms with Crippen molar-refractivity contribution in [3.63, 3.8) is 0 Å². The quantitative estimate of drug-likeness (QED) is 0.787. The van der Waals surface area contributed by atoms with Crippen LogP contribution in [-0.2, 0) is 4.79 Å². The molecule has 4 heteroatoms. The van der Waals surface area contributed by atoms with Crippen molar-refractivity contribution in [1.82, 2.24) is 0 Å². The maximum atomic E-state index is 11.0. The Morgan fingerprint density at radius 2 is 2.18 bits per heavy atom. The van der Waals surface area contributed by atoms with Crippen molar-refractivity contribution < 1.29 is 9.90 Å². The summed E-state index contributed by atoms with van der Waals surface area (Å²) in [4.78, 5) is 12.9. The summed E-state index contributed by atoms with van der Waals surface area (Å²) in [6, 6.07) is 5.72. The maximum absolute atomic E-state index is 11.0. The third-order valence-electron chi connectivity index (χ3n) is 2.64. The predicted octanol–water partition coefficient (Wildman–Crippen LogP) is 2.12. The number of carbonyl (C=O) groups is 1. The van der Waals surface area contributed by atoms with E-state index in [1.54, 1.807) is 6.92 Å². The molecule has 17 heavy (non-hydrogen) atoms. The van der Waals surface area contributed by atoms with E-state index < -0.39 is 6.23 Å². The van der Waals surface area contributed by atoms with Gasteiger partial charge in [-0.2, -0.15) is 0 Å². The Hall–Kier alpha value is -1.55. The third kappa shape index (κ3) is 3.46. The van der Waals surface area contributed by atoms with Crippen molar-refractivity contribution in [2.45, 2.75) is 33.9 Å². The number of amides is 1. The first-order valence-electron chi connectivity index (χ1n) is 5.78. The Labute approximate surface area is 102 Å². The van der Waals surface area contributed by atoms with E-state index in [0.29, 0.717) is 0 Å². The fraction of sp³-hybridized carbons (Fsp3) is 0.462. The second kappa shape index (κ2) is 5.68. The zero-order valence-corrected chi connectivity index (χ0v) is 10.8. The molecule has 0 aliphatic carbocycles. The van der Waals surface area contributed by atoms with E-state index in [1.807, 2.05) is 36.9 Å². The number of hydrogen-bond acceptors (Lipinski definition) is 3. The Morgan fingerprint density at radius 1 is 1.53 bits per heavy atom. The third-order valence-corrected chi connectivity index (χ3v) is 2.64. The van der Waals surface area contributed by atoms with Crippen LogP contribution in [0.3, 0.4) is 0 Å². The molecule has 0 saturated carbocycles. The van der Waals surface area contributed by atoms with E-state index >= 15 is 0 Å². The summed E-state index contributed by atoms with van der Waals surface area (Å²) >= 11 is 0. The van der Waals surface area contributed by atoms with Gasteiger partial charge in [0.15, 0.2) is 0 Å². The van der Waals surface area contributed by atoms with Crippen molar-refractivity contribution in [1.29, 1.82) is 0 Å². The van der Waals surface area contributed by atoms with Gasteiger partial charge < -0.3 is 15.3 Å². The minimum atomic E-state index is -0.522. The van der Waals surface area contributed by atoms with E-state index in [4.69, 9.17) is 0 Å². The molecule has 4 nitrogen and oxygen atoms in total. The SMILES string of the molecule is CCN(c1ccc(NC(C)=O)c(C)c1)C(C)O. The van der Waals surface area contributed by atoms with E-state index in [-0.39, 0.29) is 5.91 Å². The van der Waals surface area contributed by atoms with Gasteiger partial charge in [-0.3, -0.25) is 4.79 Å². The summed E-state index contributed by atoms with van der Waals surface area (Å²) in [6.07, 6.45) is -0.522. The van der Waals surface area contributed by atoms with E-state index in [9.17, 15) is 9.90 Å². The molecule has 0 radical (unpaired) electrons. The highest BCUT2D eigenvalue weighted by atomic mass is 16.3. The molecule has 0 bridgehead atoms. The second-order valence-electron chi connectivity index (χ2n) is 4.10. The average molecular weight is 236 g/mol. The van der Waals surface area contributed by atoms with Gasteiger partial charge in [0.1, 0.15) is 6.23 Å². The van der Waals surface area contributed by atoms with Crippen LogP contribution in [0.25, 0.3) is 0 Å². The Bertz CT molecular complexity index is 402. The maximum Gasteiger partial charge on any atom is 0.221 e. The Kier molecular flexibility index (Phi) is 4.52. The number of aliphatic hydroxyl groups is 1. The molecule has 2 N–H and O–H groups in total. The van der Waals surface area contributed by atoms with Crippen LogP contribution in [0.4, 0.5) is 11.4 Å². The molecule has 94 valence electrons. The molecule has 1 amide bonds. The molecule has 1 aromatic carbocycles. The highest BCUT2D eigenvalue weighted by Gasteiger charge is 2.10. The Balaban J connectivity index is 2.98. The second-order valence-corrected chi connectivity index (χ2v) is 4.10. The molecular weight excluding hydrogens is 216 g/mol. The lowest BCUT2D eigenvalue weighted by Gasteiger charge is -2.27. The van der Waals surface area contributed by atoms with E-state index in [0.717, 1.165) is 23.5 Å². The largest absolute Gasteiger partial charge is 0.374 e. The summed E-state index contributed by atoms with van der Waals surface area (Å²) in [5.74, 6) is -0.0799. The molecule has 1 atom stereocenters. The highest BCUT2D eigenvalue weighted by Crippen LogP contribution is 2.23. The highest BCUT2D eigenvalue weighted by molar-refractivity contribution is 5.89. The fourth-order valence-electron chi connectivity index (χ4n) is 1.82. The van der Waals surface area contributed by atoms with Crippen molar-refractivity contribution >= 4 is 17.3 Å². The molecule has 0 fully saturated rings. The van der Waals surface area contributed by atoms with Gasteiger partial charge in [-0.25, -0.2) is 0 Å². The number of rotatable bonds is 4. The summed E-state index contributed by atoms with van der Waals surface area (Å²) in [6.45, 7) is 7.88. The summed E-state index contributed by atoms with van der Waals surface area (Å²) < 4.78 is 0. The van der Waals surface area contributed by atoms with Crippen LogP contribution in [0.5, 0.6) is 0 Å². The lowest BCUT2D eigenvalue weighted by Crippen LogP contribution is -2.32. The molecule has 1 rings (SSSR count). The summed E-state index contributed by atoms with van der Waals surface area (Å²) in [5, 5.41) is 12.4. The topological polar surface area (TPSA) is 52.6 Å². The van der Waals surface area contributed by atoms with Crippen molar-refractivity contribution in [2.75, 3.05) is 16.8 Å². The van der Waals surface area contributed by atoms with Crippen LogP contribution in [-0.4, -0.2) is 23.8 Å². The van der Waals surface area contributed by atoms with Gasteiger partial charge in [-0.05, 0) is 44.5 Å². The zero-order chi connectivity index (χ0) is 13.0. The normalized spacial score (nSPS) is 12.1. The first-order valence-corrected chi connectivity index (χ1v) is 5.78. The zero-order valence-electron chi connectivity index (χ0n) is 10.8. The summed E-state index contributed by atoms with van der Waals surface area (Å²) in [7, 11) is 0. The lowest BCUT2D eigenvalue weighted by atomic mass is 10.1. The molecule has 1 unspecified atom stereocenters. The molecule has 0 aliphatic rings. The number of aliphatic hydroxyl groups excluding tert-OH is 1. The van der Waals surface area contributed by atoms with Crippen molar-refractivity contribution in [2.24, 2.45) is 0 Å². The van der Waals surface area contributed by atoms with Crippen LogP contribution in [0.2, 0.25) is 0 Å². The van der Waals surface area contributed by atoms with Gasteiger partial charge >= 0.3 is 0 Å². The monoisotopic (exact) mass is 236 g/mol. The van der Waals surface area contributed by atoms with Gasteiger partial charge in [-0.15, -0.1) is 0 Å². The van der Waals surface area contributed by atoms with Crippen LogP contribution >= 0.6 is 0 Å². The molecule has 1 aromatic rings. The van der Waals surface area contributed by atoms with E-state index in [2.05, 4.69) is 5.32 Å². The first-order chi connectivity index (χ1) is 7.95. The van der Waals surface area contributed by atoms with Gasteiger partial charge in [0.05, 0.1) is 0 Å². The number of anilines is 2. The number of hydrogen-bond donors (Lipinski definition) is 2. The molecule has 0 spiro atoms. The molecule has 0 saturated heterocycles. The predicted molar refractivity (Wildman–Crippen MR) is 70.2 cm³/mol. The minimum Gasteiger partial charge on any atom is -0.374 e. The standard InChI is InChI=1S/C13H20N2O2/c1-5-15(11(4)17)12-6-7-13(9(2)8-12)14-10(3)16/h6-8,11,17H,5H2,1-4H3,(H,14,16). The van der Waals surface area contributed by atoms with Gasteiger partial charge in [-0.1, -0.05) is 0 Å². The molecule has 0 aliphatic heterocycles. The lowest BCUT2D eigenvalue weighted by molar-refractivity contribution is -0.114. The van der Waals surface area contributed by atoms with Crippen LogP contribution in [0.1, 0.15) is 26.3 Å². The number of aryl methyl sites for hydroxylation is 1. The van der Waals surface area contributed by atoms with Gasteiger partial charge in [0, 0.05) is 24.8 Å². The fourth-order valence-corrected chi connectivity index (χ4v) is 1.82. The molecular formula is C13H20N2O2. The van der Waals surface area contributed by atoms with Gasteiger partial charge in [0.25, 0.3) is 0 Å². The smallest absolute Gasteiger partial charge is 0.221 e. The van der Waals surface area contributed by atoms with Crippen LogP contribution < -0.4 is 10.2 Å². The summed E-state index contributed by atoms with van der Waals surface area (Å²) in [5.41, 5.74) is 2.74. The Morgan fingerprint density at radius 3 is 2.59 bits per heavy atom. The van der Waals surface area contributed by atoms with Crippen LogP contribution in [0.15, 0.2) is 18.2 Å². The number of carbonyl (C=O) groups excluding carboxylic acids is 1. The average Bonchev–Trinajstić information content (AvgIpc) is 2.22. The van der Waals surface area contributed by atoms with Crippen LogP contribution in [0, 0.1) is 6.92 Å². The molecule has 0 aromatic heterocycles. The number of nitrogens with zero attached hydrogens (tertiary/aromatic N) is 1. The molecule has 0 heterocycles. The minimum absolute atomic E-state index is 0.0799. The first kappa shape index (κ1) is 13.5. The van der Waals surface area contributed by atoms with Gasteiger partial charge in [0.2, 0.25) is 5.91 Å². The number of benzene rings is 1. The van der Waals surface area contributed by atoms with E-state index in [1.165, 1.54) is 6.92 Å². The van der Waals surface area contributed by atoms with Crippen molar-refractivity contribution in [3.8, 4) is 0 Å². The van der Waals surface area contributed by atoms with Crippen molar-refractivity contribution in [3.05, 3.63) is 23.8 Å².